The number of allylic oxidation sites excluding steroid dienone is 30. The maximum Gasteiger partial charge on any atom is 0.472 e. The highest BCUT2D eigenvalue weighted by Gasteiger charge is 2.29. The maximum atomic E-state index is 13.1. The second-order valence-corrected chi connectivity index (χ2v) is 33.2. The number of phosphoric acid groups is 2. The van der Waals surface area contributed by atoms with E-state index in [4.69, 9.17) is 32.3 Å². The fraction of sp³-hybridized carbons (Fsp3) is 0.667. The van der Waals surface area contributed by atoms with Crippen molar-refractivity contribution >= 4 is 33.6 Å². The van der Waals surface area contributed by atoms with Crippen LogP contribution in [0.5, 0.6) is 0 Å². The van der Waals surface area contributed by atoms with E-state index in [-0.39, 0.29) is 19.3 Å². The van der Waals surface area contributed by atoms with E-state index in [0.717, 1.165) is 186 Å². The minimum Gasteiger partial charge on any atom is -0.463 e. The van der Waals surface area contributed by atoms with Crippen molar-refractivity contribution in [3.05, 3.63) is 182 Å². The molecule has 0 rings (SSSR count). The van der Waals surface area contributed by atoms with Crippen molar-refractivity contribution in [1.82, 2.24) is 0 Å². The van der Waals surface area contributed by atoms with Crippen LogP contribution in [-0.2, 0) is 55.8 Å². The van der Waals surface area contributed by atoms with Gasteiger partial charge in [0.15, 0.2) is 6.10 Å². The lowest BCUT2D eigenvalue weighted by molar-refractivity contribution is -0.161. The molecular weight excluding hydrogens is 1510 g/mol. The topological polar surface area (TPSA) is 231 Å². The third-order valence-electron chi connectivity index (χ3n) is 19.1. The number of phosphoric ester groups is 2. The van der Waals surface area contributed by atoms with E-state index < -0.39 is 91.5 Å². The number of unbranched alkanes of at least 4 members (excludes halogenated alkanes) is 33. The summed E-state index contributed by atoms with van der Waals surface area (Å²) in [5.74, 6) is -1.58. The Morgan fingerprint density at radius 1 is 0.239 bits per heavy atom. The van der Waals surface area contributed by atoms with Crippen molar-refractivity contribution in [1.29, 1.82) is 0 Å². The van der Waals surface area contributed by atoms with Crippen molar-refractivity contribution in [2.75, 3.05) is 39.6 Å². The van der Waals surface area contributed by atoms with Gasteiger partial charge in [0.25, 0.3) is 0 Å². The quantitative estimate of drug-likeness (QED) is 0.0146. The molecule has 5 atom stereocenters. The third kappa shape index (κ3) is 91.2. The van der Waals surface area contributed by atoms with E-state index in [1.54, 1.807) is 0 Å². The number of esters is 3. The molecule has 0 aromatic carbocycles. The molecule has 0 saturated carbocycles. The molecule has 0 bridgehead atoms. The monoisotopic (exact) mass is 1670 g/mol. The first-order valence-electron chi connectivity index (χ1n) is 46.1. The van der Waals surface area contributed by atoms with Crippen molar-refractivity contribution in [3.63, 3.8) is 0 Å². The average molecular weight is 1670 g/mol. The lowest BCUT2D eigenvalue weighted by atomic mass is 10.0. The molecule has 0 saturated heterocycles. The van der Waals surface area contributed by atoms with E-state index in [1.165, 1.54) is 122 Å². The van der Waals surface area contributed by atoms with E-state index in [9.17, 15) is 43.5 Å². The van der Waals surface area contributed by atoms with E-state index in [2.05, 4.69) is 203 Å². The highest BCUT2D eigenvalue weighted by molar-refractivity contribution is 7.47. The van der Waals surface area contributed by atoms with Gasteiger partial charge in [-0.3, -0.25) is 32.5 Å². The summed E-state index contributed by atoms with van der Waals surface area (Å²) in [4.78, 5) is 59.1. The molecule has 668 valence electrons. The first kappa shape index (κ1) is 112. The summed E-state index contributed by atoms with van der Waals surface area (Å²) >= 11 is 0. The van der Waals surface area contributed by atoms with E-state index in [0.29, 0.717) is 19.3 Å². The van der Waals surface area contributed by atoms with Crippen LogP contribution in [0.2, 0.25) is 0 Å². The highest BCUT2D eigenvalue weighted by atomic mass is 31.2. The molecule has 0 radical (unpaired) electrons. The van der Waals surface area contributed by atoms with E-state index in [1.807, 2.05) is 0 Å². The van der Waals surface area contributed by atoms with Crippen LogP contribution >= 0.6 is 15.6 Å². The second-order valence-electron chi connectivity index (χ2n) is 30.3. The van der Waals surface area contributed by atoms with Crippen molar-refractivity contribution in [2.24, 2.45) is 0 Å². The molecule has 0 aliphatic carbocycles. The van der Waals surface area contributed by atoms with Crippen molar-refractivity contribution < 1.29 is 75.8 Å². The molecule has 0 heterocycles. The van der Waals surface area contributed by atoms with Gasteiger partial charge in [-0.1, -0.05) is 376 Å². The molecule has 16 nitrogen and oxygen atoms in total. The summed E-state index contributed by atoms with van der Waals surface area (Å²) in [6, 6.07) is 0. The molecule has 0 aliphatic rings. The number of carbonyl (C=O) groups excluding carboxylic acids is 3. The van der Waals surface area contributed by atoms with Gasteiger partial charge in [0.2, 0.25) is 0 Å². The highest BCUT2D eigenvalue weighted by Crippen LogP contribution is 2.45. The van der Waals surface area contributed by atoms with Gasteiger partial charge >= 0.3 is 33.6 Å². The van der Waals surface area contributed by atoms with Gasteiger partial charge in [0, 0.05) is 19.3 Å². The van der Waals surface area contributed by atoms with Gasteiger partial charge in [-0.25, -0.2) is 9.13 Å². The van der Waals surface area contributed by atoms with Gasteiger partial charge in [-0.05, 0) is 154 Å². The molecule has 0 aromatic rings. The number of carbonyl (C=O) groups is 3. The summed E-state index contributed by atoms with van der Waals surface area (Å²) in [5.41, 5.74) is 0. The first-order valence-corrected chi connectivity index (χ1v) is 49.1. The van der Waals surface area contributed by atoms with Gasteiger partial charge in [0.1, 0.15) is 25.4 Å². The largest absolute Gasteiger partial charge is 0.472 e. The minimum absolute atomic E-state index is 0.0910. The molecule has 117 heavy (non-hydrogen) atoms. The SMILES string of the molecule is CC/C=C\C/C=C\C/C=C\C/C=C\C/C=C\CCCCCCCCCCCCCCCC(=O)OCC(O)COP(=O)(O)OCC(O)COP(=O)(O)OCC(COC(=O)CCCCCCCCCCCCC/C=C\C/C=C\C/C=C\C/C=C\C/C=C\CC)OC(=O)CCCCCCCCCCC/C=C\C/C=C\C/C=C\C/C=C\C/C=C\CC. The Kier molecular flexibility index (Phi) is 85.8. The Morgan fingerprint density at radius 3 is 0.675 bits per heavy atom. The zero-order chi connectivity index (χ0) is 85.1. The fourth-order valence-corrected chi connectivity index (χ4v) is 13.8. The Hall–Kier alpha value is -5.35. The van der Waals surface area contributed by atoms with Crippen LogP contribution in [0.3, 0.4) is 0 Å². The molecule has 18 heteroatoms. The van der Waals surface area contributed by atoms with E-state index >= 15 is 0 Å². The van der Waals surface area contributed by atoms with Gasteiger partial charge in [-0.2, -0.15) is 0 Å². The zero-order valence-electron chi connectivity index (χ0n) is 73.6. The lowest BCUT2D eigenvalue weighted by Gasteiger charge is -2.21. The Balaban J connectivity index is 4.66. The standard InChI is InChI=1S/C99H166O16P2/c1-4-7-10-13-16-19-22-25-28-31-34-37-40-43-45-46-48-51-52-55-58-61-64-67-70-73-76-79-82-85-97(102)109-88-94(100)89-111-116(105,106)112-90-95(101)91-113-117(107,108)114-93-96(115-99(104)87-84-81-78-75-72-69-66-63-60-57-54-49-42-39-36-33-30-27-24-21-18-15-12-9-6-3)92-110-98(103)86-83-80-77-74-71-68-65-62-59-56-53-50-47-44-41-38-35-32-29-26-23-20-17-14-11-8-5-2/h7-12,16-21,25-30,34-39,43-45,47,49,54,94-96,100-101H,4-6,13-15,22-24,31-33,40-42,46,48,50-53,55-93H2,1-3H3,(H,105,106)(H,107,108)/b10-7-,11-8-,12-9-,19-16-,20-17-,21-18-,28-25-,29-26-,30-27-,37-34-,38-35-,39-36-,45-43-,47-44-,54-49-. The lowest BCUT2D eigenvalue weighted by Crippen LogP contribution is -2.30. The van der Waals surface area contributed by atoms with Crippen LogP contribution in [0.15, 0.2) is 182 Å². The Morgan fingerprint density at radius 2 is 0.427 bits per heavy atom. The molecule has 0 fully saturated rings. The number of rotatable bonds is 86. The van der Waals surface area contributed by atoms with Gasteiger partial charge in [-0.15, -0.1) is 0 Å². The molecule has 5 unspecified atom stereocenters. The molecule has 0 aromatic heterocycles. The number of ether oxygens (including phenoxy) is 3. The smallest absolute Gasteiger partial charge is 0.463 e. The zero-order valence-corrected chi connectivity index (χ0v) is 75.4. The second kappa shape index (κ2) is 89.9. The first-order chi connectivity index (χ1) is 57.2. The normalized spacial score (nSPS) is 14.6. The van der Waals surface area contributed by atoms with Gasteiger partial charge in [0.05, 0.1) is 26.4 Å². The van der Waals surface area contributed by atoms with Crippen molar-refractivity contribution in [2.45, 2.75) is 386 Å². The predicted octanol–water partition coefficient (Wildman–Crippen LogP) is 28.4. The third-order valence-corrected chi connectivity index (χ3v) is 21.0. The average Bonchev–Trinajstić information content (AvgIpc) is 0.904. The molecule has 0 aliphatic heterocycles. The summed E-state index contributed by atoms with van der Waals surface area (Å²) in [6.07, 6.45) is 118. The maximum absolute atomic E-state index is 13.1. The van der Waals surface area contributed by atoms with Crippen LogP contribution in [-0.4, -0.2) is 95.9 Å². The van der Waals surface area contributed by atoms with Crippen LogP contribution in [0.1, 0.15) is 367 Å². The van der Waals surface area contributed by atoms with Crippen LogP contribution in [0, 0.1) is 0 Å². The van der Waals surface area contributed by atoms with Crippen LogP contribution in [0.25, 0.3) is 0 Å². The number of aliphatic hydroxyl groups is 2. The summed E-state index contributed by atoms with van der Waals surface area (Å²) in [6.45, 7) is 2.37. The summed E-state index contributed by atoms with van der Waals surface area (Å²) < 4.78 is 61.5. The molecular formula is C99H166O16P2. The van der Waals surface area contributed by atoms with Gasteiger partial charge < -0.3 is 34.2 Å². The van der Waals surface area contributed by atoms with Crippen molar-refractivity contribution in [3.8, 4) is 0 Å². The minimum atomic E-state index is -4.95. The molecule has 0 amide bonds. The molecule has 0 spiro atoms. The number of hydrogen-bond donors (Lipinski definition) is 4. The van der Waals surface area contributed by atoms with Crippen LogP contribution in [0.4, 0.5) is 0 Å². The summed E-state index contributed by atoms with van der Waals surface area (Å²) in [7, 11) is -9.82. The number of aliphatic hydroxyl groups excluding tert-OH is 2. The summed E-state index contributed by atoms with van der Waals surface area (Å²) in [5, 5.41) is 20.7. The Labute approximate surface area is 713 Å². The fourth-order valence-electron chi connectivity index (χ4n) is 12.2. The van der Waals surface area contributed by atoms with Crippen LogP contribution < -0.4 is 0 Å². The Bertz CT molecular complexity index is 2860. The number of hydrogen-bond acceptors (Lipinski definition) is 14. The predicted molar refractivity (Wildman–Crippen MR) is 491 cm³/mol. The molecule has 4 N–H and O–H groups in total.